The van der Waals surface area contributed by atoms with Crippen LogP contribution in [0.15, 0.2) is 22.7 Å². The van der Waals surface area contributed by atoms with Crippen molar-refractivity contribution >= 4 is 44.4 Å². The van der Waals surface area contributed by atoms with Gasteiger partial charge in [-0.25, -0.2) is 14.2 Å². The molecule has 0 atom stereocenters. The van der Waals surface area contributed by atoms with Crippen molar-refractivity contribution in [2.75, 3.05) is 0 Å². The first-order valence-corrected chi connectivity index (χ1v) is 5.34. The van der Waals surface area contributed by atoms with Gasteiger partial charge < -0.3 is 5.11 Å². The molecule has 3 nitrogen and oxygen atoms in total. The lowest BCUT2D eigenvalue weighted by Crippen LogP contribution is -2.00. The van der Waals surface area contributed by atoms with Crippen LogP contribution in [0.1, 0.15) is 10.4 Å². The van der Waals surface area contributed by atoms with E-state index < -0.39 is 11.8 Å². The summed E-state index contributed by atoms with van der Waals surface area (Å²) >= 11 is 8.75. The van der Waals surface area contributed by atoms with Crippen LogP contribution >= 0.6 is 27.5 Å². The van der Waals surface area contributed by atoms with E-state index in [1.165, 1.54) is 12.1 Å². The summed E-state index contributed by atoms with van der Waals surface area (Å²) in [6.45, 7) is 0. The summed E-state index contributed by atoms with van der Waals surface area (Å²) in [6, 6.07) is 4.11. The van der Waals surface area contributed by atoms with Gasteiger partial charge >= 0.3 is 5.97 Å². The van der Waals surface area contributed by atoms with Gasteiger partial charge in [0, 0.05) is 9.86 Å². The molecule has 1 heterocycles. The Hall–Kier alpha value is -1.20. The second kappa shape index (κ2) is 3.99. The summed E-state index contributed by atoms with van der Waals surface area (Å²) in [5, 5.41) is 9.00. The van der Waals surface area contributed by atoms with Crippen LogP contribution in [0.3, 0.4) is 0 Å². The maximum absolute atomic E-state index is 13.5. The van der Waals surface area contributed by atoms with Crippen LogP contribution in [-0.4, -0.2) is 16.1 Å². The third-order valence-corrected chi connectivity index (χ3v) is 2.77. The number of aromatic carboxylic acids is 1. The molecule has 16 heavy (non-hydrogen) atoms. The number of nitrogens with zero attached hydrogens (tertiary/aromatic N) is 1. The molecule has 0 saturated heterocycles. The average Bonchev–Trinajstić information content (AvgIpc) is 2.18. The van der Waals surface area contributed by atoms with Gasteiger partial charge in [-0.1, -0.05) is 27.5 Å². The molecule has 0 unspecified atom stereocenters. The Morgan fingerprint density at radius 1 is 1.44 bits per heavy atom. The molecule has 2 rings (SSSR count). The Kier molecular flexibility index (Phi) is 2.82. The number of aromatic nitrogens is 1. The van der Waals surface area contributed by atoms with Crippen molar-refractivity contribution in [3.8, 4) is 0 Å². The molecule has 0 aliphatic heterocycles. The lowest BCUT2D eigenvalue weighted by atomic mass is 10.1. The fourth-order valence-electron chi connectivity index (χ4n) is 1.34. The highest BCUT2D eigenvalue weighted by molar-refractivity contribution is 9.10. The van der Waals surface area contributed by atoms with Crippen LogP contribution in [0, 0.1) is 5.82 Å². The first-order chi connectivity index (χ1) is 7.49. The van der Waals surface area contributed by atoms with Crippen LogP contribution in [-0.2, 0) is 0 Å². The first kappa shape index (κ1) is 11.3. The molecule has 0 aliphatic carbocycles. The van der Waals surface area contributed by atoms with Crippen molar-refractivity contribution in [3.63, 3.8) is 0 Å². The SMILES string of the molecule is O=C(O)c1cc2cc(Br)cc(F)c2nc1Cl. The van der Waals surface area contributed by atoms with E-state index in [1.807, 2.05) is 0 Å². The van der Waals surface area contributed by atoms with E-state index >= 15 is 0 Å². The van der Waals surface area contributed by atoms with E-state index in [1.54, 1.807) is 6.07 Å². The third-order valence-electron chi connectivity index (χ3n) is 2.02. The lowest BCUT2D eigenvalue weighted by Gasteiger charge is -2.03. The van der Waals surface area contributed by atoms with Gasteiger partial charge in [-0.15, -0.1) is 0 Å². The second-order valence-electron chi connectivity index (χ2n) is 3.09. The van der Waals surface area contributed by atoms with Crippen molar-refractivity contribution in [3.05, 3.63) is 39.2 Å². The normalized spacial score (nSPS) is 10.7. The molecule has 0 spiro atoms. The molecule has 0 saturated carbocycles. The van der Waals surface area contributed by atoms with Crippen LogP contribution in [0.25, 0.3) is 10.9 Å². The van der Waals surface area contributed by atoms with Crippen LogP contribution in [0.5, 0.6) is 0 Å². The minimum atomic E-state index is -1.19. The van der Waals surface area contributed by atoms with E-state index in [0.717, 1.165) is 0 Å². The van der Waals surface area contributed by atoms with Gasteiger partial charge in [0.1, 0.15) is 10.7 Å². The van der Waals surface area contributed by atoms with Crippen molar-refractivity contribution in [1.82, 2.24) is 4.98 Å². The predicted octanol–water partition coefficient (Wildman–Crippen LogP) is 3.49. The zero-order chi connectivity index (χ0) is 11.9. The molecule has 1 aromatic heterocycles. The van der Waals surface area contributed by atoms with Gasteiger partial charge in [0.05, 0.1) is 5.56 Å². The smallest absolute Gasteiger partial charge is 0.338 e. The lowest BCUT2D eigenvalue weighted by molar-refractivity contribution is 0.0697. The van der Waals surface area contributed by atoms with Crippen molar-refractivity contribution in [2.24, 2.45) is 0 Å². The fourth-order valence-corrected chi connectivity index (χ4v) is 2.00. The quantitative estimate of drug-likeness (QED) is 0.821. The number of carbonyl (C=O) groups is 1. The molecule has 2 aromatic rings. The summed E-state index contributed by atoms with van der Waals surface area (Å²) in [6.07, 6.45) is 0. The summed E-state index contributed by atoms with van der Waals surface area (Å²) < 4.78 is 14.0. The van der Waals surface area contributed by atoms with Gasteiger partial charge in [0.25, 0.3) is 0 Å². The van der Waals surface area contributed by atoms with E-state index in [-0.39, 0.29) is 16.2 Å². The number of carboxylic acids is 1. The number of benzene rings is 1. The number of pyridine rings is 1. The molecular formula is C10H4BrClFNO2. The minimum Gasteiger partial charge on any atom is -0.478 e. The summed E-state index contributed by atoms with van der Waals surface area (Å²) in [5.74, 6) is -1.75. The molecule has 6 heteroatoms. The van der Waals surface area contributed by atoms with Gasteiger partial charge in [-0.3, -0.25) is 0 Å². The molecule has 0 fully saturated rings. The summed E-state index contributed by atoms with van der Waals surface area (Å²) in [4.78, 5) is 14.5. The highest BCUT2D eigenvalue weighted by Crippen LogP contribution is 2.26. The topological polar surface area (TPSA) is 50.2 Å². The van der Waals surface area contributed by atoms with E-state index in [2.05, 4.69) is 20.9 Å². The third kappa shape index (κ3) is 1.88. The van der Waals surface area contributed by atoms with Gasteiger partial charge in [-0.2, -0.15) is 0 Å². The molecule has 0 aliphatic rings. The Morgan fingerprint density at radius 2 is 2.12 bits per heavy atom. The number of fused-ring (bicyclic) bond motifs is 1. The van der Waals surface area contributed by atoms with Gasteiger partial charge in [-0.05, 0) is 18.2 Å². The molecule has 0 bridgehead atoms. The highest BCUT2D eigenvalue weighted by Gasteiger charge is 2.14. The van der Waals surface area contributed by atoms with Gasteiger partial charge in [0.15, 0.2) is 5.82 Å². The maximum atomic E-state index is 13.5. The molecule has 0 amide bonds. The molecule has 1 aromatic carbocycles. The average molecular weight is 305 g/mol. The minimum absolute atomic E-state index is 0.0539. The Bertz CT molecular complexity index is 603. The zero-order valence-electron chi connectivity index (χ0n) is 7.67. The fraction of sp³-hybridized carbons (Fsp3) is 0. The van der Waals surface area contributed by atoms with Crippen LogP contribution in [0.2, 0.25) is 5.15 Å². The second-order valence-corrected chi connectivity index (χ2v) is 4.36. The number of carboxylic acid groups (broad SMARTS) is 1. The van der Waals surface area contributed by atoms with Crippen LogP contribution in [0.4, 0.5) is 4.39 Å². The van der Waals surface area contributed by atoms with Crippen molar-refractivity contribution in [1.29, 1.82) is 0 Å². The number of hydrogen-bond donors (Lipinski definition) is 1. The predicted molar refractivity (Wildman–Crippen MR) is 61.4 cm³/mol. The van der Waals surface area contributed by atoms with E-state index in [9.17, 15) is 9.18 Å². The summed E-state index contributed by atoms with van der Waals surface area (Å²) in [7, 11) is 0. The Balaban J connectivity index is 2.84. The largest absolute Gasteiger partial charge is 0.478 e. The number of rotatable bonds is 1. The monoisotopic (exact) mass is 303 g/mol. The van der Waals surface area contributed by atoms with E-state index in [4.69, 9.17) is 16.7 Å². The van der Waals surface area contributed by atoms with Gasteiger partial charge in [0.2, 0.25) is 0 Å². The molecule has 1 N–H and O–H groups in total. The summed E-state index contributed by atoms with van der Waals surface area (Å²) in [5.41, 5.74) is -0.0927. The Labute approximate surface area is 103 Å². The molecule has 82 valence electrons. The zero-order valence-corrected chi connectivity index (χ0v) is 10.0. The Morgan fingerprint density at radius 3 is 2.75 bits per heavy atom. The number of hydrogen-bond acceptors (Lipinski definition) is 2. The maximum Gasteiger partial charge on any atom is 0.338 e. The highest BCUT2D eigenvalue weighted by atomic mass is 79.9. The van der Waals surface area contributed by atoms with Crippen molar-refractivity contribution < 1.29 is 14.3 Å². The van der Waals surface area contributed by atoms with E-state index in [0.29, 0.717) is 9.86 Å². The number of halogens is 3. The standard InChI is InChI=1S/C10H4BrClFNO2/c11-5-1-4-2-6(10(15)16)9(12)14-8(4)7(13)3-5/h1-3H,(H,15,16). The molecule has 0 radical (unpaired) electrons. The molecular weight excluding hydrogens is 300 g/mol. The van der Waals surface area contributed by atoms with Crippen LogP contribution < -0.4 is 0 Å². The first-order valence-electron chi connectivity index (χ1n) is 4.17. The van der Waals surface area contributed by atoms with Crippen molar-refractivity contribution in [2.45, 2.75) is 0 Å².